The van der Waals surface area contributed by atoms with Crippen molar-refractivity contribution in [2.75, 3.05) is 23.3 Å². The molecule has 0 aliphatic carbocycles. The van der Waals surface area contributed by atoms with Gasteiger partial charge >= 0.3 is 0 Å². The largest absolute Gasteiger partial charge is 0.372 e. The molecule has 1 saturated heterocycles. The van der Waals surface area contributed by atoms with Gasteiger partial charge in [0.25, 0.3) is 5.91 Å². The van der Waals surface area contributed by atoms with Crippen molar-refractivity contribution in [1.82, 2.24) is 4.57 Å². The number of carbonyl (C=O) groups excluding carboxylic acids is 1. The van der Waals surface area contributed by atoms with Crippen molar-refractivity contribution in [2.45, 2.75) is 32.2 Å². The Bertz CT molecular complexity index is 984. The zero-order chi connectivity index (χ0) is 19.5. The molecule has 28 heavy (non-hydrogen) atoms. The molecular formula is C23H27N4O+. The highest BCUT2D eigenvalue weighted by molar-refractivity contribution is 5.93. The van der Waals surface area contributed by atoms with Gasteiger partial charge in [0.15, 0.2) is 17.1 Å². The molecule has 1 atom stereocenters. The summed E-state index contributed by atoms with van der Waals surface area (Å²) in [6, 6.07) is 15.9. The van der Waals surface area contributed by atoms with E-state index in [0.717, 1.165) is 29.8 Å². The van der Waals surface area contributed by atoms with Crippen LogP contribution in [0.5, 0.6) is 0 Å². The third-order valence-corrected chi connectivity index (χ3v) is 5.54. The lowest BCUT2D eigenvalue weighted by atomic mass is 10.1. The molecule has 0 unspecified atom stereocenters. The molecule has 5 nitrogen and oxygen atoms in total. The van der Waals surface area contributed by atoms with Crippen molar-refractivity contribution < 1.29 is 9.36 Å². The minimum Gasteiger partial charge on any atom is -0.372 e. The lowest BCUT2D eigenvalue weighted by molar-refractivity contribution is -0.680. The summed E-state index contributed by atoms with van der Waals surface area (Å²) in [4.78, 5) is 15.3. The number of aromatic nitrogens is 2. The van der Waals surface area contributed by atoms with Gasteiger partial charge in [-0.15, -0.1) is 0 Å². The van der Waals surface area contributed by atoms with Gasteiger partial charge in [-0.25, -0.2) is 9.13 Å². The maximum Gasteiger partial charge on any atom is 0.269 e. The van der Waals surface area contributed by atoms with Gasteiger partial charge in [0.1, 0.15) is 0 Å². The first-order chi connectivity index (χ1) is 13.7. The number of hydrogen-bond donors (Lipinski definition) is 1. The topological polar surface area (TPSA) is 41.1 Å². The van der Waals surface area contributed by atoms with Crippen LogP contribution in [0.15, 0.2) is 61.4 Å². The summed E-state index contributed by atoms with van der Waals surface area (Å²) in [6.07, 6.45) is 7.50. The number of anilines is 2. The van der Waals surface area contributed by atoms with E-state index in [2.05, 4.69) is 28.9 Å². The molecular weight excluding hydrogens is 348 g/mol. The average Bonchev–Trinajstić information content (AvgIpc) is 3.13. The smallest absolute Gasteiger partial charge is 0.269 e. The van der Waals surface area contributed by atoms with Crippen LogP contribution in [-0.2, 0) is 4.79 Å². The molecule has 0 spiro atoms. The Morgan fingerprint density at radius 2 is 1.82 bits per heavy atom. The lowest BCUT2D eigenvalue weighted by Crippen LogP contribution is -2.43. The number of carbonyl (C=O) groups is 1. The van der Waals surface area contributed by atoms with Gasteiger partial charge in [-0.3, -0.25) is 4.79 Å². The van der Waals surface area contributed by atoms with E-state index < -0.39 is 0 Å². The Balaban J connectivity index is 1.50. The monoisotopic (exact) mass is 375 g/mol. The quantitative estimate of drug-likeness (QED) is 0.679. The lowest BCUT2D eigenvalue weighted by Gasteiger charge is -2.28. The number of hydrogen-bond acceptors (Lipinski definition) is 2. The number of para-hydroxylation sites is 2. The molecule has 1 aliphatic rings. The highest BCUT2D eigenvalue weighted by Gasteiger charge is 2.24. The van der Waals surface area contributed by atoms with Gasteiger partial charge < -0.3 is 10.2 Å². The molecule has 0 bridgehead atoms. The zero-order valence-electron chi connectivity index (χ0n) is 16.3. The molecule has 2 aromatic carbocycles. The number of piperidine rings is 1. The standard InChI is InChI=1S/C23H26N4O/c1-3-25-17-27(22-10-6-5-9-21(22)25)18(2)23(28)24-19-11-13-20(14-12-19)26-15-7-4-8-16-26/h3,5-6,9-14,17-18H,1,4,7-8,15-16H2,2H3/p+1/t18-/m1/s1. The third kappa shape index (κ3) is 3.52. The van der Waals surface area contributed by atoms with E-state index in [9.17, 15) is 4.79 Å². The van der Waals surface area contributed by atoms with E-state index in [-0.39, 0.29) is 11.9 Å². The SMILES string of the molecule is C=Cn1c[n+]([C@H](C)C(=O)Nc2ccc(N3CCCCC3)cc2)c2ccccc21. The number of nitrogens with one attached hydrogen (secondary N) is 1. The van der Waals surface area contributed by atoms with Crippen LogP contribution in [0.25, 0.3) is 17.2 Å². The second-order valence-corrected chi connectivity index (χ2v) is 7.36. The van der Waals surface area contributed by atoms with Crippen molar-refractivity contribution in [1.29, 1.82) is 0 Å². The minimum atomic E-state index is -0.340. The predicted octanol–water partition coefficient (Wildman–Crippen LogP) is 4.22. The van der Waals surface area contributed by atoms with Crippen LogP contribution < -0.4 is 14.8 Å². The second-order valence-electron chi connectivity index (χ2n) is 7.36. The Labute approximate surface area is 165 Å². The normalized spacial score (nSPS) is 15.4. The molecule has 3 aromatic rings. The fourth-order valence-electron chi connectivity index (χ4n) is 3.89. The van der Waals surface area contributed by atoms with Gasteiger partial charge in [-0.05, 0) is 62.6 Å². The van der Waals surface area contributed by atoms with Gasteiger partial charge in [0.05, 0.1) is 6.20 Å². The van der Waals surface area contributed by atoms with Crippen molar-refractivity contribution in [3.05, 3.63) is 61.4 Å². The molecule has 1 amide bonds. The fourth-order valence-corrected chi connectivity index (χ4v) is 3.89. The second kappa shape index (κ2) is 7.89. The van der Waals surface area contributed by atoms with E-state index in [0.29, 0.717) is 0 Å². The van der Waals surface area contributed by atoms with Crippen LogP contribution in [0.4, 0.5) is 11.4 Å². The summed E-state index contributed by atoms with van der Waals surface area (Å²) in [5, 5.41) is 3.05. The number of imidazole rings is 1. The number of benzene rings is 2. The highest BCUT2D eigenvalue weighted by atomic mass is 16.2. The van der Waals surface area contributed by atoms with E-state index in [1.165, 1.54) is 24.9 Å². The van der Waals surface area contributed by atoms with Gasteiger partial charge in [-0.1, -0.05) is 18.7 Å². The molecule has 0 radical (unpaired) electrons. The minimum absolute atomic E-state index is 0.0392. The summed E-state index contributed by atoms with van der Waals surface area (Å²) in [7, 11) is 0. The van der Waals surface area contributed by atoms with Crippen LogP contribution in [0.3, 0.4) is 0 Å². The van der Waals surface area contributed by atoms with Crippen LogP contribution in [0.1, 0.15) is 32.2 Å². The molecule has 2 heterocycles. The van der Waals surface area contributed by atoms with E-state index in [1.807, 2.05) is 58.8 Å². The summed E-state index contributed by atoms with van der Waals surface area (Å²) in [5.74, 6) is -0.0392. The number of amides is 1. The van der Waals surface area contributed by atoms with E-state index in [1.54, 1.807) is 6.20 Å². The maximum absolute atomic E-state index is 12.9. The first-order valence-corrected chi connectivity index (χ1v) is 9.96. The molecule has 0 saturated carbocycles. The summed E-state index contributed by atoms with van der Waals surface area (Å²) in [5.41, 5.74) is 4.09. The van der Waals surface area contributed by atoms with Gasteiger partial charge in [-0.2, -0.15) is 0 Å². The predicted molar refractivity (Wildman–Crippen MR) is 114 cm³/mol. The Morgan fingerprint density at radius 3 is 2.54 bits per heavy atom. The highest BCUT2D eigenvalue weighted by Crippen LogP contribution is 2.22. The molecule has 1 N–H and O–H groups in total. The van der Waals surface area contributed by atoms with Gasteiger partial charge in [0.2, 0.25) is 6.33 Å². The molecule has 4 rings (SSSR count). The summed E-state index contributed by atoms with van der Waals surface area (Å²) < 4.78 is 3.92. The molecule has 5 heteroatoms. The van der Waals surface area contributed by atoms with Gasteiger partial charge in [0, 0.05) is 24.5 Å². The number of fused-ring (bicyclic) bond motifs is 1. The van der Waals surface area contributed by atoms with Crippen LogP contribution in [-0.4, -0.2) is 23.6 Å². The fraction of sp³-hybridized carbons (Fsp3) is 0.304. The van der Waals surface area contributed by atoms with Crippen molar-refractivity contribution in [2.24, 2.45) is 0 Å². The Hall–Kier alpha value is -3.08. The molecule has 1 aliphatic heterocycles. The summed E-state index contributed by atoms with van der Waals surface area (Å²) in [6.45, 7) is 8.01. The first-order valence-electron chi connectivity index (χ1n) is 9.96. The van der Waals surface area contributed by atoms with Crippen LogP contribution in [0.2, 0.25) is 0 Å². The van der Waals surface area contributed by atoms with E-state index in [4.69, 9.17) is 0 Å². The number of rotatable bonds is 5. The average molecular weight is 375 g/mol. The van der Waals surface area contributed by atoms with Crippen molar-refractivity contribution in [3.8, 4) is 0 Å². The number of nitrogens with zero attached hydrogens (tertiary/aromatic N) is 3. The first kappa shape index (κ1) is 18.3. The van der Waals surface area contributed by atoms with E-state index >= 15 is 0 Å². The van der Waals surface area contributed by atoms with Crippen molar-refractivity contribution >= 4 is 34.5 Å². The molecule has 144 valence electrons. The zero-order valence-corrected chi connectivity index (χ0v) is 16.3. The van der Waals surface area contributed by atoms with Crippen LogP contribution >= 0.6 is 0 Å². The Morgan fingerprint density at radius 1 is 1.11 bits per heavy atom. The summed E-state index contributed by atoms with van der Waals surface area (Å²) >= 11 is 0. The maximum atomic E-state index is 12.9. The molecule has 1 fully saturated rings. The molecule has 1 aromatic heterocycles. The van der Waals surface area contributed by atoms with Crippen molar-refractivity contribution in [3.63, 3.8) is 0 Å². The van der Waals surface area contributed by atoms with Crippen LogP contribution in [0, 0.1) is 0 Å². The Kier molecular flexibility index (Phi) is 5.15. The third-order valence-electron chi connectivity index (χ3n) is 5.54.